The average Bonchev–Trinajstić information content (AvgIpc) is 2.89. The van der Waals surface area contributed by atoms with Gasteiger partial charge in [-0.15, -0.1) is 0 Å². The maximum Gasteiger partial charge on any atom is 0.310 e. The fraction of sp³-hybridized carbons (Fsp3) is 0.846. The lowest BCUT2D eigenvalue weighted by Gasteiger charge is -2.27. The highest BCUT2D eigenvalue weighted by molar-refractivity contribution is 5.83. The highest BCUT2D eigenvalue weighted by atomic mass is 16.5. The summed E-state index contributed by atoms with van der Waals surface area (Å²) in [7, 11) is 0. The molecule has 4 atom stereocenters. The van der Waals surface area contributed by atoms with Crippen LogP contribution in [0.25, 0.3) is 0 Å². The molecule has 17 heavy (non-hydrogen) atoms. The molecule has 2 aliphatic carbocycles. The molecule has 2 fully saturated rings. The van der Waals surface area contributed by atoms with Gasteiger partial charge in [0.1, 0.15) is 0 Å². The van der Waals surface area contributed by atoms with Crippen molar-refractivity contribution in [3.63, 3.8) is 0 Å². The average molecular weight is 240 g/mol. The maximum absolute atomic E-state index is 11.9. The van der Waals surface area contributed by atoms with E-state index < -0.39 is 0 Å². The van der Waals surface area contributed by atoms with Gasteiger partial charge in [0.05, 0.1) is 25.0 Å². The summed E-state index contributed by atoms with van der Waals surface area (Å²) < 4.78 is 10.2. The third-order valence-corrected chi connectivity index (χ3v) is 4.03. The zero-order valence-corrected chi connectivity index (χ0v) is 10.5. The Labute approximate surface area is 102 Å². The molecule has 2 aliphatic rings. The van der Waals surface area contributed by atoms with Crippen LogP contribution in [0.2, 0.25) is 0 Å². The molecule has 4 nitrogen and oxygen atoms in total. The van der Waals surface area contributed by atoms with Crippen molar-refractivity contribution in [2.24, 2.45) is 23.7 Å². The van der Waals surface area contributed by atoms with Crippen molar-refractivity contribution in [1.29, 1.82) is 0 Å². The first-order valence-corrected chi connectivity index (χ1v) is 6.52. The third kappa shape index (κ3) is 2.17. The van der Waals surface area contributed by atoms with Gasteiger partial charge in [-0.3, -0.25) is 9.59 Å². The summed E-state index contributed by atoms with van der Waals surface area (Å²) in [4.78, 5) is 23.8. The zero-order chi connectivity index (χ0) is 12.4. The summed E-state index contributed by atoms with van der Waals surface area (Å²) in [6, 6.07) is 0. The number of carbonyl (C=O) groups is 2. The van der Waals surface area contributed by atoms with Crippen LogP contribution in [0.1, 0.15) is 33.1 Å². The molecular formula is C13H20O4. The first kappa shape index (κ1) is 12.4. The standard InChI is InChI=1S/C13H20O4/c1-3-16-12(14)10-8-5-6-9(7-8)11(10)13(15)17-4-2/h8-11H,3-7H2,1-2H3/t8-,9+,10-,11+. The van der Waals surface area contributed by atoms with Gasteiger partial charge in [-0.25, -0.2) is 0 Å². The minimum absolute atomic E-state index is 0.210. The Bertz CT molecular complexity index is 283. The summed E-state index contributed by atoms with van der Waals surface area (Å²) in [5.74, 6) is -0.280. The van der Waals surface area contributed by atoms with Gasteiger partial charge < -0.3 is 9.47 Å². The summed E-state index contributed by atoms with van der Waals surface area (Å²) in [5, 5.41) is 0. The molecule has 0 N–H and O–H groups in total. The van der Waals surface area contributed by atoms with E-state index >= 15 is 0 Å². The Morgan fingerprint density at radius 2 is 1.35 bits per heavy atom. The quantitative estimate of drug-likeness (QED) is 0.703. The summed E-state index contributed by atoms with van der Waals surface area (Å²) in [6.45, 7) is 4.35. The molecule has 0 saturated heterocycles. The van der Waals surface area contributed by atoms with E-state index in [0.717, 1.165) is 19.3 Å². The summed E-state index contributed by atoms with van der Waals surface area (Å²) in [6.07, 6.45) is 3.07. The van der Waals surface area contributed by atoms with E-state index in [1.807, 2.05) is 0 Å². The molecule has 2 bridgehead atoms. The summed E-state index contributed by atoms with van der Waals surface area (Å²) in [5.41, 5.74) is 0. The van der Waals surface area contributed by atoms with Gasteiger partial charge >= 0.3 is 11.9 Å². The number of hydrogen-bond donors (Lipinski definition) is 0. The molecule has 0 aromatic carbocycles. The monoisotopic (exact) mass is 240 g/mol. The first-order valence-electron chi connectivity index (χ1n) is 6.52. The van der Waals surface area contributed by atoms with Crippen LogP contribution in [0.15, 0.2) is 0 Å². The van der Waals surface area contributed by atoms with Crippen LogP contribution in [0.3, 0.4) is 0 Å². The Balaban J connectivity index is 2.11. The van der Waals surface area contributed by atoms with Gasteiger partial charge in [-0.2, -0.15) is 0 Å². The highest BCUT2D eigenvalue weighted by Crippen LogP contribution is 2.53. The maximum atomic E-state index is 11.9. The van der Waals surface area contributed by atoms with Crippen LogP contribution in [0, 0.1) is 23.7 Å². The second-order valence-electron chi connectivity index (χ2n) is 4.89. The zero-order valence-electron chi connectivity index (χ0n) is 10.5. The van der Waals surface area contributed by atoms with Gasteiger partial charge in [0, 0.05) is 0 Å². The lowest BCUT2D eigenvalue weighted by molar-refractivity contribution is -0.162. The van der Waals surface area contributed by atoms with Gasteiger partial charge in [0.2, 0.25) is 0 Å². The van der Waals surface area contributed by atoms with Crippen molar-refractivity contribution in [2.75, 3.05) is 13.2 Å². The van der Waals surface area contributed by atoms with Crippen molar-refractivity contribution < 1.29 is 19.1 Å². The van der Waals surface area contributed by atoms with E-state index in [0.29, 0.717) is 25.0 Å². The van der Waals surface area contributed by atoms with Crippen LogP contribution >= 0.6 is 0 Å². The first-order chi connectivity index (χ1) is 8.19. The van der Waals surface area contributed by atoms with E-state index in [9.17, 15) is 9.59 Å². The molecule has 0 aromatic rings. The number of hydrogen-bond acceptors (Lipinski definition) is 4. The minimum atomic E-state index is -0.257. The van der Waals surface area contributed by atoms with Crippen molar-refractivity contribution in [2.45, 2.75) is 33.1 Å². The van der Waals surface area contributed by atoms with Crippen molar-refractivity contribution >= 4 is 11.9 Å². The second-order valence-corrected chi connectivity index (χ2v) is 4.89. The molecule has 0 unspecified atom stereocenters. The van der Waals surface area contributed by atoms with Crippen LogP contribution in [0.5, 0.6) is 0 Å². The van der Waals surface area contributed by atoms with E-state index in [1.54, 1.807) is 13.8 Å². The highest BCUT2D eigenvalue weighted by Gasteiger charge is 2.55. The number of ether oxygens (including phenoxy) is 2. The fourth-order valence-corrected chi connectivity index (χ4v) is 3.45. The Hall–Kier alpha value is -1.06. The number of fused-ring (bicyclic) bond motifs is 2. The Morgan fingerprint density at radius 3 is 1.71 bits per heavy atom. The SMILES string of the molecule is CCOC(=O)[C@@H]1[C@@H]2CC[C@@H](C2)[C@@H]1C(=O)OCC. The van der Waals surface area contributed by atoms with Crippen LogP contribution < -0.4 is 0 Å². The van der Waals surface area contributed by atoms with Crippen molar-refractivity contribution in [1.82, 2.24) is 0 Å². The van der Waals surface area contributed by atoms with Crippen LogP contribution in [-0.2, 0) is 19.1 Å². The van der Waals surface area contributed by atoms with Crippen molar-refractivity contribution in [3.05, 3.63) is 0 Å². The molecule has 0 heterocycles. The molecule has 96 valence electrons. The normalized spacial score (nSPS) is 34.7. The predicted molar refractivity (Wildman–Crippen MR) is 61.1 cm³/mol. The second kappa shape index (κ2) is 5.07. The smallest absolute Gasteiger partial charge is 0.310 e. The minimum Gasteiger partial charge on any atom is -0.466 e. The van der Waals surface area contributed by atoms with Gasteiger partial charge in [-0.1, -0.05) is 0 Å². The van der Waals surface area contributed by atoms with E-state index in [-0.39, 0.29) is 23.8 Å². The molecule has 0 radical (unpaired) electrons. The topological polar surface area (TPSA) is 52.6 Å². The van der Waals surface area contributed by atoms with Crippen LogP contribution in [0.4, 0.5) is 0 Å². The number of rotatable bonds is 4. The van der Waals surface area contributed by atoms with E-state index in [2.05, 4.69) is 0 Å². The number of esters is 2. The Kier molecular flexibility index (Phi) is 3.69. The predicted octanol–water partition coefficient (Wildman–Crippen LogP) is 1.77. The van der Waals surface area contributed by atoms with Gasteiger partial charge in [0.25, 0.3) is 0 Å². The summed E-state index contributed by atoms with van der Waals surface area (Å²) >= 11 is 0. The molecular weight excluding hydrogens is 220 g/mol. The Morgan fingerprint density at radius 1 is 0.941 bits per heavy atom. The fourth-order valence-electron chi connectivity index (χ4n) is 3.45. The van der Waals surface area contributed by atoms with Gasteiger partial charge in [-0.05, 0) is 44.9 Å². The largest absolute Gasteiger partial charge is 0.466 e. The van der Waals surface area contributed by atoms with E-state index in [4.69, 9.17) is 9.47 Å². The lowest BCUT2D eigenvalue weighted by Crippen LogP contribution is -2.36. The molecule has 0 spiro atoms. The molecule has 0 aromatic heterocycles. The molecule has 0 amide bonds. The molecule has 0 aliphatic heterocycles. The van der Waals surface area contributed by atoms with Gasteiger partial charge in [0.15, 0.2) is 0 Å². The molecule has 4 heteroatoms. The van der Waals surface area contributed by atoms with Crippen molar-refractivity contribution in [3.8, 4) is 0 Å². The lowest BCUT2D eigenvalue weighted by atomic mass is 9.79. The number of carbonyl (C=O) groups excluding carboxylic acids is 2. The van der Waals surface area contributed by atoms with Crippen LogP contribution in [-0.4, -0.2) is 25.2 Å². The third-order valence-electron chi connectivity index (χ3n) is 4.03. The van der Waals surface area contributed by atoms with E-state index in [1.165, 1.54) is 0 Å². The molecule has 2 saturated carbocycles. The molecule has 2 rings (SSSR count).